The van der Waals surface area contributed by atoms with Crippen molar-refractivity contribution in [1.82, 2.24) is 24.0 Å². The highest BCUT2D eigenvalue weighted by molar-refractivity contribution is 5.97. The van der Waals surface area contributed by atoms with Crippen molar-refractivity contribution in [3.8, 4) is 0 Å². The smallest absolute Gasteiger partial charge is 0.277 e. The van der Waals surface area contributed by atoms with Crippen LogP contribution in [-0.4, -0.2) is 62.6 Å². The Morgan fingerprint density at radius 3 is 2.48 bits per heavy atom. The molecule has 0 saturated carbocycles. The Morgan fingerprint density at radius 1 is 0.939 bits per heavy atom. The van der Waals surface area contributed by atoms with E-state index >= 15 is 0 Å². The Morgan fingerprint density at radius 2 is 1.73 bits per heavy atom. The lowest BCUT2D eigenvalue weighted by atomic mass is 10.1. The van der Waals surface area contributed by atoms with E-state index in [-0.39, 0.29) is 11.5 Å². The predicted molar refractivity (Wildman–Crippen MR) is 130 cm³/mol. The van der Waals surface area contributed by atoms with Crippen LogP contribution in [0, 0.1) is 0 Å². The van der Waals surface area contributed by atoms with E-state index in [4.69, 9.17) is 0 Å². The molecule has 0 unspecified atom stereocenters. The highest BCUT2D eigenvalue weighted by Gasteiger charge is 2.23. The van der Waals surface area contributed by atoms with Crippen LogP contribution < -0.4 is 5.56 Å². The summed E-state index contributed by atoms with van der Waals surface area (Å²) in [6, 6.07) is 17.3. The van der Waals surface area contributed by atoms with Gasteiger partial charge in [-0.1, -0.05) is 43.7 Å². The van der Waals surface area contributed by atoms with Crippen molar-refractivity contribution in [2.24, 2.45) is 0 Å². The van der Waals surface area contributed by atoms with Gasteiger partial charge in [-0.25, -0.2) is 4.52 Å². The van der Waals surface area contributed by atoms with Crippen LogP contribution in [0.25, 0.3) is 16.6 Å². The monoisotopic (exact) mass is 443 g/mol. The van der Waals surface area contributed by atoms with Crippen molar-refractivity contribution < 1.29 is 4.79 Å². The maximum absolute atomic E-state index is 13.3. The lowest BCUT2D eigenvalue weighted by molar-refractivity contribution is 0.0636. The van der Waals surface area contributed by atoms with Crippen LogP contribution in [0.1, 0.15) is 35.7 Å². The molecule has 2 aromatic heterocycles. The molecular formula is C26H29N5O2. The normalized spacial score (nSPS) is 14.9. The van der Waals surface area contributed by atoms with E-state index in [1.54, 1.807) is 21.3 Å². The Kier molecular flexibility index (Phi) is 5.96. The summed E-state index contributed by atoms with van der Waals surface area (Å²) in [6.07, 6.45) is 4.02. The molecule has 1 fully saturated rings. The van der Waals surface area contributed by atoms with Gasteiger partial charge in [-0.2, -0.15) is 5.10 Å². The third-order valence-electron chi connectivity index (χ3n) is 6.52. The Bertz CT molecular complexity index is 1330. The van der Waals surface area contributed by atoms with E-state index in [0.29, 0.717) is 23.1 Å². The van der Waals surface area contributed by atoms with Crippen LogP contribution in [0.15, 0.2) is 65.6 Å². The fraction of sp³-hybridized carbons (Fsp3) is 0.346. The number of fused-ring (bicyclic) bond motifs is 3. The number of hydrogen-bond donors (Lipinski definition) is 0. The Balaban J connectivity index is 1.50. The molecular weight excluding hydrogens is 414 g/mol. The number of carbonyl (C=O) groups is 1. The molecule has 33 heavy (non-hydrogen) atoms. The molecule has 0 N–H and O–H groups in total. The second-order valence-electron chi connectivity index (χ2n) is 8.70. The summed E-state index contributed by atoms with van der Waals surface area (Å²) in [4.78, 5) is 31.0. The molecule has 2 aromatic carbocycles. The standard InChI is InChI=1S/C26H29N5O2/c1-2-3-13-28-14-16-29(17-15-28)25(32)21-9-10-22-24(18-21)30(19-20-7-5-4-6-8-20)26(33)23-11-12-27-31(22)23/h4-12,18H,2-3,13-17,19H2,1H3. The molecule has 7 heteroatoms. The minimum Gasteiger partial charge on any atom is -0.336 e. The molecule has 1 saturated heterocycles. The summed E-state index contributed by atoms with van der Waals surface area (Å²) in [5.74, 6) is 0.0197. The van der Waals surface area contributed by atoms with Gasteiger partial charge in [0.25, 0.3) is 11.5 Å². The van der Waals surface area contributed by atoms with Crippen LogP contribution in [0.4, 0.5) is 0 Å². The molecule has 0 atom stereocenters. The van der Waals surface area contributed by atoms with E-state index in [1.165, 1.54) is 12.8 Å². The van der Waals surface area contributed by atoms with E-state index < -0.39 is 0 Å². The zero-order valence-corrected chi connectivity index (χ0v) is 19.0. The van der Waals surface area contributed by atoms with Gasteiger partial charge in [0.2, 0.25) is 0 Å². The molecule has 170 valence electrons. The van der Waals surface area contributed by atoms with Gasteiger partial charge in [-0.3, -0.25) is 14.5 Å². The average molecular weight is 444 g/mol. The second kappa shape index (κ2) is 9.19. The number of carbonyl (C=O) groups excluding carboxylic acids is 1. The molecule has 0 spiro atoms. The highest BCUT2D eigenvalue weighted by Crippen LogP contribution is 2.19. The molecule has 0 radical (unpaired) electrons. The largest absolute Gasteiger partial charge is 0.336 e. The number of nitrogens with zero attached hydrogens (tertiary/aromatic N) is 5. The van der Waals surface area contributed by atoms with Gasteiger partial charge in [-0.15, -0.1) is 0 Å². The first kappa shape index (κ1) is 21.4. The van der Waals surface area contributed by atoms with Crippen molar-refractivity contribution in [2.75, 3.05) is 32.7 Å². The molecule has 5 rings (SSSR count). The zero-order valence-electron chi connectivity index (χ0n) is 19.0. The fourth-order valence-corrected chi connectivity index (χ4v) is 4.62. The van der Waals surface area contributed by atoms with Gasteiger partial charge in [0.15, 0.2) is 0 Å². The van der Waals surface area contributed by atoms with E-state index in [2.05, 4.69) is 16.9 Å². The second-order valence-corrected chi connectivity index (χ2v) is 8.70. The topological polar surface area (TPSA) is 62.8 Å². The van der Waals surface area contributed by atoms with Gasteiger partial charge < -0.3 is 9.47 Å². The number of piperazine rings is 1. The summed E-state index contributed by atoms with van der Waals surface area (Å²) in [5.41, 5.74) is 3.58. The van der Waals surface area contributed by atoms with E-state index in [9.17, 15) is 9.59 Å². The van der Waals surface area contributed by atoms with Crippen molar-refractivity contribution in [2.45, 2.75) is 26.3 Å². The predicted octanol–water partition coefficient (Wildman–Crippen LogP) is 3.26. The average Bonchev–Trinajstić information content (AvgIpc) is 3.36. The molecule has 3 heterocycles. The molecule has 0 bridgehead atoms. The van der Waals surface area contributed by atoms with E-state index in [1.807, 2.05) is 53.4 Å². The lowest BCUT2D eigenvalue weighted by Gasteiger charge is -2.34. The molecule has 1 amide bonds. The van der Waals surface area contributed by atoms with Crippen LogP contribution in [0.3, 0.4) is 0 Å². The quantitative estimate of drug-likeness (QED) is 0.459. The van der Waals surface area contributed by atoms with Crippen molar-refractivity contribution in [3.05, 3.63) is 82.3 Å². The van der Waals surface area contributed by atoms with Crippen LogP contribution >= 0.6 is 0 Å². The van der Waals surface area contributed by atoms with Crippen LogP contribution in [0.5, 0.6) is 0 Å². The summed E-state index contributed by atoms with van der Waals surface area (Å²) in [6.45, 7) is 7.02. The van der Waals surface area contributed by atoms with Crippen molar-refractivity contribution in [1.29, 1.82) is 0 Å². The van der Waals surface area contributed by atoms with Crippen molar-refractivity contribution in [3.63, 3.8) is 0 Å². The summed E-state index contributed by atoms with van der Waals surface area (Å²) in [5, 5.41) is 4.36. The summed E-state index contributed by atoms with van der Waals surface area (Å²) < 4.78 is 3.42. The first-order valence-corrected chi connectivity index (χ1v) is 11.7. The molecule has 4 aromatic rings. The number of amides is 1. The third-order valence-corrected chi connectivity index (χ3v) is 6.52. The Labute approximate surface area is 192 Å². The maximum Gasteiger partial charge on any atom is 0.277 e. The summed E-state index contributed by atoms with van der Waals surface area (Å²) >= 11 is 0. The number of unbranched alkanes of at least 4 members (excludes halogenated alkanes) is 1. The van der Waals surface area contributed by atoms with Gasteiger partial charge in [-0.05, 0) is 42.8 Å². The SMILES string of the molecule is CCCCN1CCN(C(=O)c2ccc3c(c2)n(Cc2ccccc2)c(=O)c2ccnn23)CC1. The van der Waals surface area contributed by atoms with Crippen molar-refractivity contribution >= 4 is 22.5 Å². The molecule has 1 aliphatic heterocycles. The number of benzene rings is 2. The van der Waals surface area contributed by atoms with Crippen LogP contribution in [0.2, 0.25) is 0 Å². The minimum atomic E-state index is -0.113. The minimum absolute atomic E-state index is 0.0197. The van der Waals surface area contributed by atoms with Gasteiger partial charge >= 0.3 is 0 Å². The van der Waals surface area contributed by atoms with Gasteiger partial charge in [0.05, 0.1) is 23.8 Å². The molecule has 0 aliphatic carbocycles. The number of rotatable bonds is 6. The molecule has 1 aliphatic rings. The first-order valence-electron chi connectivity index (χ1n) is 11.7. The molecule has 7 nitrogen and oxygen atoms in total. The Hall–Kier alpha value is -3.45. The number of aromatic nitrogens is 3. The van der Waals surface area contributed by atoms with E-state index in [0.717, 1.165) is 43.8 Å². The first-order chi connectivity index (χ1) is 16.2. The fourth-order valence-electron chi connectivity index (χ4n) is 4.62. The maximum atomic E-state index is 13.3. The summed E-state index contributed by atoms with van der Waals surface area (Å²) in [7, 11) is 0. The van der Waals surface area contributed by atoms with Crippen LogP contribution in [-0.2, 0) is 6.54 Å². The highest BCUT2D eigenvalue weighted by atomic mass is 16.2. The number of hydrogen-bond acceptors (Lipinski definition) is 4. The van der Waals surface area contributed by atoms with Gasteiger partial charge in [0, 0.05) is 31.7 Å². The zero-order chi connectivity index (χ0) is 22.8. The lowest BCUT2D eigenvalue weighted by Crippen LogP contribution is -2.48. The third kappa shape index (κ3) is 4.16. The van der Waals surface area contributed by atoms with Gasteiger partial charge in [0.1, 0.15) is 5.52 Å².